The van der Waals surface area contributed by atoms with Gasteiger partial charge in [0.1, 0.15) is 18.0 Å². The van der Waals surface area contributed by atoms with Gasteiger partial charge in [-0.1, -0.05) is 6.07 Å². The first kappa shape index (κ1) is 8.74. The topological polar surface area (TPSA) is 39.4 Å². The number of furan rings is 1. The van der Waals surface area contributed by atoms with E-state index < -0.39 is 0 Å². The van der Waals surface area contributed by atoms with Gasteiger partial charge in [-0.3, -0.25) is 0 Å². The molecule has 0 saturated heterocycles. The monoisotopic (exact) mass is 193 g/mol. The van der Waals surface area contributed by atoms with E-state index in [0.717, 1.165) is 0 Å². The van der Waals surface area contributed by atoms with E-state index in [1.807, 2.05) is 0 Å². The first-order chi connectivity index (χ1) is 6.83. The van der Waals surface area contributed by atoms with Crippen LogP contribution in [0.25, 0.3) is 11.0 Å². The Morgan fingerprint density at radius 2 is 2.36 bits per heavy atom. The molecular weight excluding hydrogens is 187 g/mol. The van der Waals surface area contributed by atoms with Crippen LogP contribution in [0.2, 0.25) is 0 Å². The largest absolute Gasteiger partial charge is 0.464 e. The molecule has 2 rings (SSSR count). The summed E-state index contributed by atoms with van der Waals surface area (Å²) in [7, 11) is 0. The van der Waals surface area contributed by atoms with Crippen molar-refractivity contribution in [2.75, 3.05) is 0 Å². The lowest BCUT2D eigenvalue weighted by Gasteiger charge is -1.95. The minimum absolute atomic E-state index is 0.0303. The van der Waals surface area contributed by atoms with Crippen molar-refractivity contribution < 1.29 is 18.3 Å². The van der Waals surface area contributed by atoms with Crippen LogP contribution in [0.15, 0.2) is 28.9 Å². The minimum Gasteiger partial charge on any atom is -0.464 e. The molecule has 4 heteroatoms. The fraction of sp³-hybridized carbons (Fsp3) is 0.100. The first-order valence-electron chi connectivity index (χ1n) is 3.96. The Hall–Kier alpha value is -1.84. The lowest BCUT2D eigenvalue weighted by molar-refractivity contribution is 0.267. The molecule has 0 N–H and O–H groups in total. The summed E-state index contributed by atoms with van der Waals surface area (Å²) in [5.41, 5.74) is 0.941. The van der Waals surface area contributed by atoms with Crippen LogP contribution in [-0.2, 0) is 16.1 Å². The number of ether oxygens (including phenoxy) is 1. The van der Waals surface area contributed by atoms with Crippen molar-refractivity contribution in [3.8, 4) is 0 Å². The third-order valence-electron chi connectivity index (χ3n) is 1.91. The van der Waals surface area contributed by atoms with Crippen molar-refractivity contribution in [1.29, 1.82) is 0 Å². The number of fused-ring (bicyclic) bond motifs is 1. The third kappa shape index (κ3) is 1.35. The molecule has 0 saturated carbocycles. The summed E-state index contributed by atoms with van der Waals surface area (Å²) >= 11 is 0. The van der Waals surface area contributed by atoms with Crippen molar-refractivity contribution in [2.45, 2.75) is 6.61 Å². The summed E-state index contributed by atoms with van der Waals surface area (Å²) in [4.78, 5) is 9.85. The van der Waals surface area contributed by atoms with E-state index in [2.05, 4.69) is 4.74 Å². The van der Waals surface area contributed by atoms with Gasteiger partial charge in [-0.2, -0.15) is 0 Å². The number of benzene rings is 1. The van der Waals surface area contributed by atoms with Crippen LogP contribution in [0.5, 0.6) is 0 Å². The smallest absolute Gasteiger partial charge is 0.417 e. The molecule has 0 aliphatic rings. The van der Waals surface area contributed by atoms with E-state index in [1.54, 1.807) is 12.1 Å². The number of carbonyl (C=O) groups excluding carboxylic acids is 1. The molecular formula is C10H6FO3. The van der Waals surface area contributed by atoms with Crippen LogP contribution < -0.4 is 0 Å². The lowest BCUT2D eigenvalue weighted by Crippen LogP contribution is -1.89. The molecule has 0 atom stereocenters. The molecule has 0 bridgehead atoms. The molecule has 0 amide bonds. The Balaban J connectivity index is 2.50. The van der Waals surface area contributed by atoms with Gasteiger partial charge in [-0.05, 0) is 12.1 Å². The molecule has 71 valence electrons. The molecule has 0 fully saturated rings. The average molecular weight is 193 g/mol. The van der Waals surface area contributed by atoms with Crippen molar-refractivity contribution in [3.63, 3.8) is 0 Å². The van der Waals surface area contributed by atoms with Gasteiger partial charge in [0.25, 0.3) is 0 Å². The van der Waals surface area contributed by atoms with E-state index in [9.17, 15) is 9.18 Å². The fourth-order valence-corrected chi connectivity index (χ4v) is 1.32. The highest BCUT2D eigenvalue weighted by Crippen LogP contribution is 2.24. The average Bonchev–Trinajstić information content (AvgIpc) is 2.59. The highest BCUT2D eigenvalue weighted by atomic mass is 19.1. The van der Waals surface area contributed by atoms with Gasteiger partial charge in [0.15, 0.2) is 0 Å². The van der Waals surface area contributed by atoms with Crippen molar-refractivity contribution >= 4 is 17.4 Å². The van der Waals surface area contributed by atoms with Crippen molar-refractivity contribution in [1.82, 2.24) is 0 Å². The number of hydrogen-bond acceptors (Lipinski definition) is 3. The van der Waals surface area contributed by atoms with Crippen LogP contribution in [0.4, 0.5) is 4.39 Å². The Bertz CT molecular complexity index is 461. The molecule has 1 radical (unpaired) electrons. The normalized spacial score (nSPS) is 10.4. The van der Waals surface area contributed by atoms with Gasteiger partial charge in [-0.15, -0.1) is 0 Å². The van der Waals surface area contributed by atoms with E-state index >= 15 is 0 Å². The molecule has 3 nitrogen and oxygen atoms in total. The second kappa shape index (κ2) is 3.49. The second-order valence-corrected chi connectivity index (χ2v) is 2.75. The van der Waals surface area contributed by atoms with Crippen LogP contribution in [-0.4, -0.2) is 6.47 Å². The van der Waals surface area contributed by atoms with Crippen molar-refractivity contribution in [3.05, 3.63) is 35.8 Å². The molecule has 1 heterocycles. The molecule has 1 aromatic heterocycles. The molecule has 2 aromatic rings. The van der Waals surface area contributed by atoms with E-state index in [0.29, 0.717) is 16.5 Å². The minimum atomic E-state index is -0.388. The molecule has 0 aliphatic carbocycles. The molecule has 1 aromatic carbocycles. The van der Waals surface area contributed by atoms with Crippen LogP contribution >= 0.6 is 0 Å². The van der Waals surface area contributed by atoms with Gasteiger partial charge in [0.2, 0.25) is 0 Å². The summed E-state index contributed by atoms with van der Waals surface area (Å²) in [5, 5.41) is 0.350. The zero-order chi connectivity index (χ0) is 9.97. The van der Waals surface area contributed by atoms with Crippen molar-refractivity contribution in [2.24, 2.45) is 0 Å². The van der Waals surface area contributed by atoms with Gasteiger partial charge in [0.05, 0.1) is 11.6 Å². The summed E-state index contributed by atoms with van der Waals surface area (Å²) in [6.07, 6.45) is 1.37. The zero-order valence-electron chi connectivity index (χ0n) is 7.12. The Labute approximate surface area is 79.1 Å². The van der Waals surface area contributed by atoms with Gasteiger partial charge >= 0.3 is 6.47 Å². The third-order valence-corrected chi connectivity index (χ3v) is 1.91. The zero-order valence-corrected chi connectivity index (χ0v) is 7.12. The number of halogens is 1. The lowest BCUT2D eigenvalue weighted by atomic mass is 10.2. The molecule has 0 spiro atoms. The van der Waals surface area contributed by atoms with Crippen LogP contribution in [0, 0.1) is 5.82 Å². The molecule has 0 aliphatic heterocycles. The summed E-state index contributed by atoms with van der Waals surface area (Å²) in [6.45, 7) is 1.25. The molecule has 14 heavy (non-hydrogen) atoms. The predicted octanol–water partition coefficient (Wildman–Crippen LogP) is 2.16. The summed E-state index contributed by atoms with van der Waals surface area (Å²) in [5.74, 6) is -0.388. The van der Waals surface area contributed by atoms with Gasteiger partial charge < -0.3 is 9.15 Å². The maximum Gasteiger partial charge on any atom is 0.417 e. The highest BCUT2D eigenvalue weighted by molar-refractivity contribution is 5.81. The maximum absolute atomic E-state index is 13.3. The fourth-order valence-electron chi connectivity index (χ4n) is 1.32. The standard InChI is InChI=1S/C10H6FO3/c11-8-2-1-3-9-10(8)7(5-14-9)4-13-6-12/h1-3,5H,4H2. The Morgan fingerprint density at radius 1 is 1.50 bits per heavy atom. The van der Waals surface area contributed by atoms with E-state index in [4.69, 9.17) is 4.42 Å². The Morgan fingerprint density at radius 3 is 3.14 bits per heavy atom. The van der Waals surface area contributed by atoms with E-state index in [1.165, 1.54) is 18.8 Å². The van der Waals surface area contributed by atoms with E-state index in [-0.39, 0.29) is 12.4 Å². The van der Waals surface area contributed by atoms with Gasteiger partial charge in [0, 0.05) is 5.56 Å². The first-order valence-corrected chi connectivity index (χ1v) is 3.96. The maximum atomic E-state index is 13.3. The predicted molar refractivity (Wildman–Crippen MR) is 46.7 cm³/mol. The SMILES string of the molecule is O=[C]OCc1coc2cccc(F)c12. The quantitative estimate of drug-likeness (QED) is 0.749. The van der Waals surface area contributed by atoms with Gasteiger partial charge in [-0.25, -0.2) is 9.18 Å². The number of hydrogen-bond donors (Lipinski definition) is 0. The van der Waals surface area contributed by atoms with Crippen LogP contribution in [0.1, 0.15) is 5.56 Å². The summed E-state index contributed by atoms with van der Waals surface area (Å²) in [6, 6.07) is 4.52. The highest BCUT2D eigenvalue weighted by Gasteiger charge is 2.10. The van der Waals surface area contributed by atoms with Crippen LogP contribution in [0.3, 0.4) is 0 Å². The Kier molecular flexibility index (Phi) is 2.18. The second-order valence-electron chi connectivity index (χ2n) is 2.75. The number of rotatable bonds is 3. The summed E-state index contributed by atoms with van der Waals surface area (Å²) < 4.78 is 22.8. The molecule has 0 unspecified atom stereocenters.